The van der Waals surface area contributed by atoms with Crippen LogP contribution in [0.3, 0.4) is 0 Å². The van der Waals surface area contributed by atoms with Crippen molar-refractivity contribution in [1.82, 2.24) is 20.2 Å². The largest absolute Gasteiger partial charge is 0.340 e. The molecule has 0 bridgehead atoms. The van der Waals surface area contributed by atoms with Crippen molar-refractivity contribution in [1.29, 1.82) is 0 Å². The summed E-state index contributed by atoms with van der Waals surface area (Å²) in [4.78, 5) is 56.0. The molecule has 2 amide bonds. The fourth-order valence-corrected chi connectivity index (χ4v) is 5.20. The van der Waals surface area contributed by atoms with Crippen molar-refractivity contribution in [2.24, 2.45) is 0 Å². The van der Waals surface area contributed by atoms with E-state index in [1.165, 1.54) is 0 Å². The highest BCUT2D eigenvalue weighted by Crippen LogP contribution is 2.46. The van der Waals surface area contributed by atoms with Crippen LogP contribution >= 0.6 is 11.8 Å². The molecule has 1 fully saturated rings. The lowest BCUT2D eigenvalue weighted by Gasteiger charge is -2.38. The molecule has 8 nitrogen and oxygen atoms in total. The van der Waals surface area contributed by atoms with Crippen LogP contribution in [0.2, 0.25) is 0 Å². The number of fused-ring (bicyclic) bond motifs is 2. The van der Waals surface area contributed by atoms with Gasteiger partial charge in [0, 0.05) is 29.3 Å². The van der Waals surface area contributed by atoms with Crippen molar-refractivity contribution >= 4 is 35.1 Å². The van der Waals surface area contributed by atoms with E-state index in [0.29, 0.717) is 5.56 Å². The second-order valence-electron chi connectivity index (χ2n) is 6.88. The number of nitrogens with one attached hydrogen (secondary N) is 2. The molecule has 1 saturated heterocycles. The molecule has 1 aromatic heterocycles. The third-order valence-corrected chi connectivity index (χ3v) is 6.49. The molecule has 5 rings (SSSR count). The van der Waals surface area contributed by atoms with Crippen LogP contribution in [0.5, 0.6) is 0 Å². The number of aromatic nitrogens is 2. The smallest absolute Gasteiger partial charge is 0.252 e. The first-order valence-electron chi connectivity index (χ1n) is 8.66. The minimum Gasteiger partial charge on any atom is -0.340 e. The average Bonchev–Trinajstić information content (AvgIpc) is 3.33. The van der Waals surface area contributed by atoms with E-state index in [0.717, 1.165) is 11.8 Å². The highest BCUT2D eigenvalue weighted by molar-refractivity contribution is 8.04. The molecule has 28 heavy (non-hydrogen) atoms. The molecule has 2 atom stereocenters. The summed E-state index contributed by atoms with van der Waals surface area (Å²) in [5.41, 5.74) is -0.858. The second kappa shape index (κ2) is 5.90. The van der Waals surface area contributed by atoms with Gasteiger partial charge < -0.3 is 15.2 Å². The zero-order chi connectivity index (χ0) is 19.5. The Morgan fingerprint density at radius 1 is 1.14 bits per heavy atom. The lowest BCUT2D eigenvalue weighted by molar-refractivity contribution is -0.139. The van der Waals surface area contributed by atoms with Gasteiger partial charge in [-0.05, 0) is 0 Å². The fourth-order valence-electron chi connectivity index (χ4n) is 3.84. The van der Waals surface area contributed by atoms with Crippen molar-refractivity contribution in [2.75, 3.05) is 5.75 Å². The van der Waals surface area contributed by atoms with Gasteiger partial charge >= 0.3 is 0 Å². The van der Waals surface area contributed by atoms with Crippen LogP contribution in [0, 0.1) is 0 Å². The number of Topliss-reactive ketones (excluding diaryl/α,β-unsaturated/α-hetero) is 2. The summed E-state index contributed by atoms with van der Waals surface area (Å²) in [7, 11) is 0. The second-order valence-corrected chi connectivity index (χ2v) is 7.86. The van der Waals surface area contributed by atoms with Gasteiger partial charge in [-0.15, -0.1) is 11.8 Å². The molecule has 140 valence electrons. The number of amides is 2. The van der Waals surface area contributed by atoms with Crippen LogP contribution in [0.25, 0.3) is 0 Å². The first-order valence-corrected chi connectivity index (χ1v) is 9.64. The summed E-state index contributed by atoms with van der Waals surface area (Å²) >= 11 is 1.14. The third kappa shape index (κ3) is 2.22. The minimum atomic E-state index is -1.53. The van der Waals surface area contributed by atoms with E-state index in [1.54, 1.807) is 47.6 Å². The molecule has 0 radical (unpaired) electrons. The lowest BCUT2D eigenvalue weighted by atomic mass is 9.78. The Balaban J connectivity index is 1.52. The summed E-state index contributed by atoms with van der Waals surface area (Å²) in [6, 6.07) is 5.75. The van der Waals surface area contributed by atoms with Gasteiger partial charge in [-0.3, -0.25) is 19.2 Å². The van der Waals surface area contributed by atoms with Crippen LogP contribution in [0.4, 0.5) is 0 Å². The van der Waals surface area contributed by atoms with Crippen molar-refractivity contribution < 1.29 is 19.2 Å². The van der Waals surface area contributed by atoms with E-state index in [-0.39, 0.29) is 34.1 Å². The maximum atomic E-state index is 13.1. The average molecular weight is 394 g/mol. The van der Waals surface area contributed by atoms with Gasteiger partial charge in [0.25, 0.3) is 5.91 Å². The van der Waals surface area contributed by atoms with Crippen LogP contribution in [-0.2, 0) is 16.1 Å². The van der Waals surface area contributed by atoms with Crippen LogP contribution in [0.15, 0.2) is 53.5 Å². The SMILES string of the molecule is O=C1C2=C(C(=O)c3ccccc31)[C@]1(CS2)NC(=O)[C@H](Cn2ccnc2)NC1=O. The maximum absolute atomic E-state index is 13.1. The van der Waals surface area contributed by atoms with Gasteiger partial charge in [0.2, 0.25) is 11.7 Å². The molecule has 1 aliphatic carbocycles. The highest BCUT2D eigenvalue weighted by atomic mass is 32.2. The Kier molecular flexibility index (Phi) is 3.57. The topological polar surface area (TPSA) is 110 Å². The summed E-state index contributed by atoms with van der Waals surface area (Å²) in [5, 5.41) is 5.47. The Bertz CT molecular complexity index is 1090. The van der Waals surface area contributed by atoms with Gasteiger partial charge in [-0.2, -0.15) is 0 Å². The number of ketones is 2. The number of allylic oxidation sites excluding steroid dienone is 1. The predicted molar refractivity (Wildman–Crippen MR) is 99.6 cm³/mol. The lowest BCUT2D eigenvalue weighted by Crippen LogP contribution is -2.71. The summed E-state index contributed by atoms with van der Waals surface area (Å²) < 4.78 is 1.68. The molecule has 2 aromatic rings. The highest BCUT2D eigenvalue weighted by Gasteiger charge is 2.58. The Morgan fingerprint density at radius 3 is 2.61 bits per heavy atom. The van der Waals surface area contributed by atoms with Gasteiger partial charge in [0.05, 0.1) is 23.4 Å². The number of carbonyl (C=O) groups is 4. The summed E-state index contributed by atoms with van der Waals surface area (Å²) in [6.07, 6.45) is 4.82. The molecule has 0 unspecified atom stereocenters. The summed E-state index contributed by atoms with van der Waals surface area (Å²) in [6.45, 7) is 0.225. The molecule has 0 saturated carbocycles. The van der Waals surface area contributed by atoms with Crippen LogP contribution in [-0.4, -0.2) is 50.3 Å². The van der Waals surface area contributed by atoms with Crippen molar-refractivity contribution in [2.45, 2.75) is 18.1 Å². The van der Waals surface area contributed by atoms with E-state index in [2.05, 4.69) is 15.6 Å². The van der Waals surface area contributed by atoms with E-state index in [1.807, 2.05) is 0 Å². The van der Waals surface area contributed by atoms with Gasteiger partial charge in [0.15, 0.2) is 11.3 Å². The molecule has 3 aliphatic rings. The van der Waals surface area contributed by atoms with E-state index >= 15 is 0 Å². The number of hydrogen-bond donors (Lipinski definition) is 2. The van der Waals surface area contributed by atoms with Crippen LogP contribution < -0.4 is 10.6 Å². The van der Waals surface area contributed by atoms with Crippen molar-refractivity contribution in [3.63, 3.8) is 0 Å². The number of hydrogen-bond acceptors (Lipinski definition) is 6. The molecular formula is C19H14N4O4S. The number of benzene rings is 1. The maximum Gasteiger partial charge on any atom is 0.252 e. The van der Waals surface area contributed by atoms with Gasteiger partial charge in [-0.1, -0.05) is 24.3 Å². The number of imidazole rings is 1. The fraction of sp³-hybridized carbons (Fsp3) is 0.211. The number of thioether (sulfide) groups is 1. The number of nitrogens with zero attached hydrogens (tertiary/aromatic N) is 2. The normalized spacial score (nSPS) is 26.2. The third-order valence-electron chi connectivity index (χ3n) is 5.24. The molecule has 2 aliphatic heterocycles. The summed E-state index contributed by atoms with van der Waals surface area (Å²) in [5.74, 6) is -1.44. The van der Waals surface area contributed by atoms with Gasteiger partial charge in [0.1, 0.15) is 6.04 Å². The van der Waals surface area contributed by atoms with Crippen molar-refractivity contribution in [3.8, 4) is 0 Å². The standard InChI is InChI=1S/C19H14N4O4S/c24-14-10-3-1-2-4-11(10)15(25)16-13(14)19(8-28-16)18(27)21-12(17(26)22-19)7-23-6-5-20-9-23/h1-6,9,12H,7-8H2,(H,21,27)(H,22,26)/t12-,19-/m0/s1. The monoisotopic (exact) mass is 394 g/mol. The number of carbonyl (C=O) groups excluding carboxylic acids is 4. The number of piperazine rings is 1. The Labute approximate surface area is 163 Å². The minimum absolute atomic E-state index is 0.0770. The quantitative estimate of drug-likeness (QED) is 0.759. The Morgan fingerprint density at radius 2 is 1.89 bits per heavy atom. The van der Waals surface area contributed by atoms with E-state index in [4.69, 9.17) is 0 Å². The zero-order valence-corrected chi connectivity index (χ0v) is 15.3. The molecular weight excluding hydrogens is 380 g/mol. The molecule has 9 heteroatoms. The Hall–Kier alpha value is -3.20. The molecule has 2 N–H and O–H groups in total. The van der Waals surface area contributed by atoms with Gasteiger partial charge in [-0.25, -0.2) is 4.98 Å². The molecule has 3 heterocycles. The predicted octanol–water partition coefficient (Wildman–Crippen LogP) is 0.317. The van der Waals surface area contributed by atoms with Crippen LogP contribution in [0.1, 0.15) is 20.7 Å². The van der Waals surface area contributed by atoms with E-state index in [9.17, 15) is 19.2 Å². The first kappa shape index (κ1) is 16.9. The van der Waals surface area contributed by atoms with E-state index < -0.39 is 29.2 Å². The molecule has 1 spiro atoms. The zero-order valence-electron chi connectivity index (χ0n) is 14.5. The van der Waals surface area contributed by atoms with Crippen molar-refractivity contribution in [3.05, 3.63) is 64.6 Å². The number of rotatable bonds is 2. The molecule has 1 aromatic carbocycles. The first-order chi connectivity index (χ1) is 13.5.